The van der Waals surface area contributed by atoms with Crippen molar-refractivity contribution in [2.45, 2.75) is 20.0 Å². The summed E-state index contributed by atoms with van der Waals surface area (Å²) < 4.78 is 5.75. The van der Waals surface area contributed by atoms with Crippen LogP contribution in [0.2, 0.25) is 0 Å². The Kier molecular flexibility index (Phi) is 7.17. The molecule has 4 aromatic rings. The van der Waals surface area contributed by atoms with E-state index in [-0.39, 0.29) is 17.3 Å². The van der Waals surface area contributed by atoms with Gasteiger partial charge in [-0.25, -0.2) is 4.79 Å². The van der Waals surface area contributed by atoms with E-state index in [0.717, 1.165) is 11.1 Å². The second-order valence-corrected chi connectivity index (χ2v) is 8.26. The lowest BCUT2D eigenvalue weighted by Gasteiger charge is -2.18. The van der Waals surface area contributed by atoms with E-state index < -0.39 is 12.1 Å². The van der Waals surface area contributed by atoms with Crippen molar-refractivity contribution in [3.8, 4) is 0 Å². The van der Waals surface area contributed by atoms with Gasteiger partial charge in [0.05, 0.1) is 5.56 Å². The lowest BCUT2D eigenvalue weighted by Crippen LogP contribution is -2.21. The number of nitrogens with one attached hydrogen (secondary N) is 1. The molecular weight excluding hydrogens is 438 g/mol. The quantitative estimate of drug-likeness (QED) is 0.257. The number of anilines is 1. The van der Waals surface area contributed by atoms with Crippen LogP contribution in [0.15, 0.2) is 103 Å². The molecule has 0 saturated heterocycles. The molecule has 35 heavy (non-hydrogen) atoms. The number of hydrogen-bond donors (Lipinski definition) is 1. The Hall–Kier alpha value is -4.51. The fourth-order valence-corrected chi connectivity index (χ4v) is 3.64. The maximum Gasteiger partial charge on any atom is 0.339 e. The van der Waals surface area contributed by atoms with Gasteiger partial charge in [-0.15, -0.1) is 0 Å². The second kappa shape index (κ2) is 10.6. The van der Waals surface area contributed by atoms with Gasteiger partial charge in [-0.05, 0) is 61.4 Å². The highest BCUT2D eigenvalue weighted by Crippen LogP contribution is 2.26. The first-order valence-electron chi connectivity index (χ1n) is 11.3. The van der Waals surface area contributed by atoms with Crippen molar-refractivity contribution in [1.82, 2.24) is 0 Å². The molecule has 0 aliphatic carbocycles. The van der Waals surface area contributed by atoms with Gasteiger partial charge < -0.3 is 10.1 Å². The average molecular weight is 464 g/mol. The minimum atomic E-state index is -1.10. The van der Waals surface area contributed by atoms with Gasteiger partial charge in [0.2, 0.25) is 5.78 Å². The molecule has 0 aromatic heterocycles. The molecule has 0 radical (unpaired) electrons. The van der Waals surface area contributed by atoms with Crippen LogP contribution in [-0.2, 0) is 4.74 Å². The summed E-state index contributed by atoms with van der Waals surface area (Å²) in [5, 5.41) is 2.78. The van der Waals surface area contributed by atoms with Crippen LogP contribution in [0.4, 0.5) is 5.69 Å². The molecular formula is C30H25NO4. The Balaban J connectivity index is 1.57. The second-order valence-electron chi connectivity index (χ2n) is 8.26. The molecule has 4 rings (SSSR count). The number of rotatable bonds is 7. The first-order chi connectivity index (χ1) is 16.9. The van der Waals surface area contributed by atoms with Crippen molar-refractivity contribution in [2.24, 2.45) is 0 Å². The van der Waals surface area contributed by atoms with Crippen LogP contribution in [0.5, 0.6) is 0 Å². The smallest absolute Gasteiger partial charge is 0.339 e. The molecule has 0 spiro atoms. The monoisotopic (exact) mass is 463 g/mol. The van der Waals surface area contributed by atoms with Gasteiger partial charge in [-0.1, -0.05) is 66.7 Å². The zero-order valence-corrected chi connectivity index (χ0v) is 19.5. The van der Waals surface area contributed by atoms with Crippen LogP contribution in [0, 0.1) is 13.8 Å². The summed E-state index contributed by atoms with van der Waals surface area (Å²) in [6.45, 7) is 3.91. The lowest BCUT2D eigenvalue weighted by atomic mass is 9.97. The summed E-state index contributed by atoms with van der Waals surface area (Å²) in [6.07, 6.45) is -1.10. The molecule has 0 unspecified atom stereocenters. The highest BCUT2D eigenvalue weighted by Gasteiger charge is 2.27. The summed E-state index contributed by atoms with van der Waals surface area (Å²) >= 11 is 0. The Bertz CT molecular complexity index is 1360. The Labute approximate surface area is 204 Å². The number of Topliss-reactive ketones (excluding diaryl/α,β-unsaturated/α-hetero) is 1. The van der Waals surface area contributed by atoms with Crippen molar-refractivity contribution in [3.63, 3.8) is 0 Å². The molecule has 1 N–H and O–H groups in total. The number of ketones is 1. The number of amides is 1. The highest BCUT2D eigenvalue weighted by atomic mass is 16.5. The number of esters is 1. The number of aryl methyl sites for hydroxylation is 2. The SMILES string of the molecule is Cc1ccc(C(=O)[C@@H](OC(=O)c2cccc(NC(=O)c3ccccc3)c2)c2ccccc2)cc1C. The lowest BCUT2D eigenvalue weighted by molar-refractivity contribution is 0.0280. The zero-order chi connectivity index (χ0) is 24.8. The van der Waals surface area contributed by atoms with E-state index in [9.17, 15) is 14.4 Å². The first-order valence-corrected chi connectivity index (χ1v) is 11.3. The maximum atomic E-state index is 13.4. The van der Waals surface area contributed by atoms with E-state index in [1.807, 2.05) is 32.0 Å². The summed E-state index contributed by atoms with van der Waals surface area (Å²) in [4.78, 5) is 39.0. The molecule has 0 saturated carbocycles. The molecule has 0 aliphatic rings. The molecule has 4 aromatic carbocycles. The highest BCUT2D eigenvalue weighted by molar-refractivity contribution is 6.05. The molecule has 0 aliphatic heterocycles. The number of carbonyl (C=O) groups is 3. The van der Waals surface area contributed by atoms with Crippen molar-refractivity contribution in [1.29, 1.82) is 0 Å². The van der Waals surface area contributed by atoms with Crippen LogP contribution in [0.3, 0.4) is 0 Å². The van der Waals surface area contributed by atoms with Crippen molar-refractivity contribution < 1.29 is 19.1 Å². The number of benzene rings is 4. The summed E-state index contributed by atoms with van der Waals surface area (Å²) in [5.74, 6) is -1.25. The van der Waals surface area contributed by atoms with E-state index in [1.54, 1.807) is 78.9 Å². The Morgan fingerprint density at radius 1 is 0.657 bits per heavy atom. The Morgan fingerprint density at radius 2 is 1.31 bits per heavy atom. The van der Waals surface area contributed by atoms with Crippen LogP contribution in [0.25, 0.3) is 0 Å². The summed E-state index contributed by atoms with van der Waals surface area (Å²) in [6, 6.07) is 29.6. The van der Waals surface area contributed by atoms with Gasteiger partial charge in [0.1, 0.15) is 0 Å². The summed E-state index contributed by atoms with van der Waals surface area (Å²) in [7, 11) is 0. The van der Waals surface area contributed by atoms with Gasteiger partial charge >= 0.3 is 5.97 Å². The number of ether oxygens (including phenoxy) is 1. The molecule has 5 nitrogen and oxygen atoms in total. The zero-order valence-electron chi connectivity index (χ0n) is 19.5. The van der Waals surface area contributed by atoms with Crippen LogP contribution in [0.1, 0.15) is 53.9 Å². The molecule has 0 heterocycles. The van der Waals surface area contributed by atoms with E-state index in [4.69, 9.17) is 4.74 Å². The molecule has 0 fully saturated rings. The third-order valence-corrected chi connectivity index (χ3v) is 5.75. The Morgan fingerprint density at radius 3 is 2.00 bits per heavy atom. The van der Waals surface area contributed by atoms with Crippen molar-refractivity contribution in [3.05, 3.63) is 137 Å². The van der Waals surface area contributed by atoms with Gasteiger partial charge in [-0.3, -0.25) is 9.59 Å². The molecule has 5 heteroatoms. The normalized spacial score (nSPS) is 11.4. The number of carbonyl (C=O) groups excluding carboxylic acids is 3. The van der Waals surface area contributed by atoms with Crippen molar-refractivity contribution >= 4 is 23.3 Å². The van der Waals surface area contributed by atoms with Crippen LogP contribution in [-0.4, -0.2) is 17.7 Å². The van der Waals surface area contributed by atoms with Gasteiger partial charge in [0.25, 0.3) is 5.91 Å². The van der Waals surface area contributed by atoms with Crippen LogP contribution >= 0.6 is 0 Å². The predicted octanol–water partition coefficient (Wildman–Crippen LogP) is 6.34. The van der Waals surface area contributed by atoms with Crippen LogP contribution < -0.4 is 5.32 Å². The predicted molar refractivity (Wildman–Crippen MR) is 136 cm³/mol. The van der Waals surface area contributed by atoms with Crippen molar-refractivity contribution in [2.75, 3.05) is 5.32 Å². The molecule has 174 valence electrons. The molecule has 1 atom stereocenters. The average Bonchev–Trinajstić information content (AvgIpc) is 2.89. The standard InChI is InChI=1S/C30H25NO4/c1-20-16-17-24(18-21(20)2)27(32)28(22-10-5-3-6-11-22)35-30(34)25-14-9-15-26(19-25)31-29(33)23-12-7-4-8-13-23/h3-19,28H,1-2H3,(H,31,33)/t28-/m0/s1. The fourth-order valence-electron chi connectivity index (χ4n) is 3.64. The van der Waals surface area contributed by atoms with E-state index in [0.29, 0.717) is 22.4 Å². The minimum absolute atomic E-state index is 0.227. The minimum Gasteiger partial charge on any atom is -0.445 e. The first kappa shape index (κ1) is 23.6. The van der Waals surface area contributed by atoms with E-state index in [1.165, 1.54) is 6.07 Å². The largest absolute Gasteiger partial charge is 0.445 e. The molecule has 0 bridgehead atoms. The third-order valence-electron chi connectivity index (χ3n) is 5.75. The third kappa shape index (κ3) is 5.71. The number of hydrogen-bond acceptors (Lipinski definition) is 4. The topological polar surface area (TPSA) is 72.5 Å². The molecule has 1 amide bonds. The van der Waals surface area contributed by atoms with Gasteiger partial charge in [-0.2, -0.15) is 0 Å². The van der Waals surface area contributed by atoms with E-state index in [2.05, 4.69) is 5.32 Å². The van der Waals surface area contributed by atoms with Gasteiger partial charge in [0.15, 0.2) is 6.10 Å². The summed E-state index contributed by atoms with van der Waals surface area (Å²) in [5.41, 5.74) is 4.29. The maximum absolute atomic E-state index is 13.4. The van der Waals surface area contributed by atoms with E-state index >= 15 is 0 Å². The fraction of sp³-hybridized carbons (Fsp3) is 0.100. The van der Waals surface area contributed by atoms with Gasteiger partial charge in [0, 0.05) is 22.4 Å².